The highest BCUT2D eigenvalue weighted by Crippen LogP contribution is 2.32. The van der Waals surface area contributed by atoms with Gasteiger partial charge in [0.2, 0.25) is 0 Å². The van der Waals surface area contributed by atoms with Gasteiger partial charge in [-0.2, -0.15) is 0 Å². The number of carbonyl (C=O) groups excluding carboxylic acids is 1. The van der Waals surface area contributed by atoms with Crippen LogP contribution in [-0.2, 0) is 6.61 Å². The molecule has 3 aromatic carbocycles. The minimum atomic E-state index is -0.246. The zero-order valence-corrected chi connectivity index (χ0v) is 18.7. The van der Waals surface area contributed by atoms with E-state index < -0.39 is 0 Å². The summed E-state index contributed by atoms with van der Waals surface area (Å²) in [6.45, 7) is 2.87. The van der Waals surface area contributed by atoms with Gasteiger partial charge in [0.1, 0.15) is 23.9 Å². The molecule has 33 heavy (non-hydrogen) atoms. The molecule has 172 valence electrons. The summed E-state index contributed by atoms with van der Waals surface area (Å²) in [5.41, 5.74) is 2.82. The molecule has 0 spiro atoms. The first-order valence-electron chi connectivity index (χ1n) is 11.3. The van der Waals surface area contributed by atoms with Gasteiger partial charge in [0, 0.05) is 25.1 Å². The molecule has 0 saturated carbocycles. The van der Waals surface area contributed by atoms with Crippen molar-refractivity contribution in [2.24, 2.45) is 5.92 Å². The molecule has 1 saturated heterocycles. The van der Waals surface area contributed by atoms with Gasteiger partial charge < -0.3 is 20.1 Å². The molecule has 6 heteroatoms. The maximum absolute atomic E-state index is 13.0. The van der Waals surface area contributed by atoms with Crippen LogP contribution >= 0.6 is 0 Å². The van der Waals surface area contributed by atoms with Gasteiger partial charge in [-0.15, -0.1) is 0 Å². The lowest BCUT2D eigenvalue weighted by atomic mass is 9.81. The van der Waals surface area contributed by atoms with E-state index in [1.807, 2.05) is 24.3 Å². The highest BCUT2D eigenvalue weighted by Gasteiger charge is 2.27. The number of halogens is 1. The highest BCUT2D eigenvalue weighted by molar-refractivity contribution is 5.94. The van der Waals surface area contributed by atoms with Crippen molar-refractivity contribution in [2.45, 2.75) is 18.9 Å². The molecule has 1 heterocycles. The molecule has 2 atom stereocenters. The van der Waals surface area contributed by atoms with E-state index in [0.29, 0.717) is 30.6 Å². The Labute approximate surface area is 193 Å². The number of hydrogen-bond acceptors (Lipinski definition) is 4. The monoisotopic (exact) mass is 448 g/mol. The van der Waals surface area contributed by atoms with Crippen molar-refractivity contribution in [2.75, 3.05) is 26.7 Å². The predicted octanol–water partition coefficient (Wildman–Crippen LogP) is 4.54. The van der Waals surface area contributed by atoms with Crippen molar-refractivity contribution in [3.05, 3.63) is 95.3 Å². The van der Waals surface area contributed by atoms with Crippen LogP contribution in [0.3, 0.4) is 0 Å². The fraction of sp³-hybridized carbons (Fsp3) is 0.296. The summed E-state index contributed by atoms with van der Waals surface area (Å²) in [4.78, 5) is 11.7. The van der Waals surface area contributed by atoms with Gasteiger partial charge in [-0.05, 0) is 78.5 Å². The predicted molar refractivity (Wildman–Crippen MR) is 126 cm³/mol. The van der Waals surface area contributed by atoms with E-state index in [-0.39, 0.29) is 11.7 Å². The van der Waals surface area contributed by atoms with Crippen LogP contribution in [0, 0.1) is 11.7 Å². The van der Waals surface area contributed by atoms with Crippen LogP contribution in [0.15, 0.2) is 72.8 Å². The molecule has 2 N–H and O–H groups in total. The number of carbonyl (C=O) groups is 1. The summed E-state index contributed by atoms with van der Waals surface area (Å²) in [6, 6.07) is 21.8. The fourth-order valence-corrected chi connectivity index (χ4v) is 4.15. The fourth-order valence-electron chi connectivity index (χ4n) is 4.15. The number of piperidine rings is 1. The molecule has 4 rings (SSSR count). The van der Waals surface area contributed by atoms with Crippen molar-refractivity contribution >= 4 is 5.91 Å². The summed E-state index contributed by atoms with van der Waals surface area (Å²) in [5.74, 6) is 1.93. The molecule has 0 aromatic heterocycles. The van der Waals surface area contributed by atoms with Gasteiger partial charge in [-0.1, -0.05) is 24.3 Å². The van der Waals surface area contributed by atoms with Gasteiger partial charge in [0.05, 0.1) is 6.61 Å². The number of ether oxygens (including phenoxy) is 2. The van der Waals surface area contributed by atoms with Gasteiger partial charge in [0.15, 0.2) is 0 Å². The van der Waals surface area contributed by atoms with Crippen molar-refractivity contribution < 1.29 is 18.7 Å². The summed E-state index contributed by atoms with van der Waals surface area (Å²) in [5, 5.41) is 6.09. The van der Waals surface area contributed by atoms with E-state index >= 15 is 0 Å². The van der Waals surface area contributed by atoms with E-state index in [1.54, 1.807) is 31.3 Å². The lowest BCUT2D eigenvalue weighted by molar-refractivity contribution is 0.0963. The quantitative estimate of drug-likeness (QED) is 0.531. The Morgan fingerprint density at radius 2 is 1.64 bits per heavy atom. The summed E-state index contributed by atoms with van der Waals surface area (Å²) in [7, 11) is 1.62. The molecule has 0 unspecified atom stereocenters. The van der Waals surface area contributed by atoms with Crippen LogP contribution in [0.1, 0.15) is 33.8 Å². The Morgan fingerprint density at radius 3 is 2.33 bits per heavy atom. The zero-order chi connectivity index (χ0) is 23.0. The SMILES string of the molecule is CNC(=O)c1ccc(OC[C@@H]2CNCC[C@H]2c2ccc(OCc3ccc(F)cc3)cc2)cc1. The van der Waals surface area contributed by atoms with Crippen molar-refractivity contribution in [1.29, 1.82) is 0 Å². The van der Waals surface area contributed by atoms with Crippen LogP contribution in [0.25, 0.3) is 0 Å². The second kappa shape index (κ2) is 11.0. The summed E-state index contributed by atoms with van der Waals surface area (Å²) < 4.78 is 25.0. The smallest absolute Gasteiger partial charge is 0.251 e. The largest absolute Gasteiger partial charge is 0.493 e. The molecular formula is C27H29FN2O3. The average molecular weight is 449 g/mol. The lowest BCUT2D eigenvalue weighted by Crippen LogP contribution is -2.38. The molecule has 1 aliphatic heterocycles. The van der Waals surface area contributed by atoms with Crippen molar-refractivity contribution in [3.63, 3.8) is 0 Å². The Bertz CT molecular complexity index is 1040. The topological polar surface area (TPSA) is 59.6 Å². The number of rotatable bonds is 8. The maximum atomic E-state index is 13.0. The van der Waals surface area contributed by atoms with E-state index in [2.05, 4.69) is 22.8 Å². The first kappa shape index (κ1) is 22.8. The molecule has 1 amide bonds. The number of amides is 1. The maximum Gasteiger partial charge on any atom is 0.251 e. The van der Waals surface area contributed by atoms with Gasteiger partial charge in [-0.25, -0.2) is 4.39 Å². The Balaban J connectivity index is 1.34. The molecule has 1 aliphatic rings. The Kier molecular flexibility index (Phi) is 7.58. The van der Waals surface area contributed by atoms with Crippen LogP contribution in [0.4, 0.5) is 4.39 Å². The van der Waals surface area contributed by atoms with E-state index in [4.69, 9.17) is 9.47 Å². The molecule has 5 nitrogen and oxygen atoms in total. The molecule has 1 fully saturated rings. The normalized spacial score (nSPS) is 17.9. The van der Waals surface area contributed by atoms with Crippen LogP contribution in [0.2, 0.25) is 0 Å². The van der Waals surface area contributed by atoms with Crippen molar-refractivity contribution in [3.8, 4) is 11.5 Å². The van der Waals surface area contributed by atoms with Crippen LogP contribution in [0.5, 0.6) is 11.5 Å². The first-order chi connectivity index (χ1) is 16.1. The Hall–Kier alpha value is -3.38. The van der Waals surface area contributed by atoms with E-state index in [1.165, 1.54) is 17.7 Å². The van der Waals surface area contributed by atoms with Crippen molar-refractivity contribution in [1.82, 2.24) is 10.6 Å². The van der Waals surface area contributed by atoms with E-state index in [9.17, 15) is 9.18 Å². The zero-order valence-electron chi connectivity index (χ0n) is 18.7. The second-order valence-electron chi connectivity index (χ2n) is 8.26. The molecule has 0 bridgehead atoms. The van der Waals surface area contributed by atoms with Crippen LogP contribution in [-0.4, -0.2) is 32.7 Å². The second-order valence-corrected chi connectivity index (χ2v) is 8.26. The summed E-state index contributed by atoms with van der Waals surface area (Å²) in [6.07, 6.45) is 1.04. The third-order valence-electron chi connectivity index (χ3n) is 6.04. The van der Waals surface area contributed by atoms with E-state index in [0.717, 1.165) is 36.6 Å². The number of hydrogen-bond donors (Lipinski definition) is 2. The van der Waals surface area contributed by atoms with Gasteiger partial charge in [-0.3, -0.25) is 4.79 Å². The molecule has 3 aromatic rings. The molecule has 0 radical (unpaired) electrons. The highest BCUT2D eigenvalue weighted by atomic mass is 19.1. The summed E-state index contributed by atoms with van der Waals surface area (Å²) >= 11 is 0. The minimum absolute atomic E-state index is 0.108. The van der Waals surface area contributed by atoms with Gasteiger partial charge >= 0.3 is 0 Å². The number of nitrogens with one attached hydrogen (secondary N) is 2. The average Bonchev–Trinajstić information content (AvgIpc) is 2.87. The third kappa shape index (κ3) is 6.11. The van der Waals surface area contributed by atoms with Crippen LogP contribution < -0.4 is 20.1 Å². The molecule has 0 aliphatic carbocycles. The lowest BCUT2D eigenvalue weighted by Gasteiger charge is -2.32. The third-order valence-corrected chi connectivity index (χ3v) is 6.04. The minimum Gasteiger partial charge on any atom is -0.493 e. The van der Waals surface area contributed by atoms with Gasteiger partial charge in [0.25, 0.3) is 5.91 Å². The first-order valence-corrected chi connectivity index (χ1v) is 11.3. The standard InChI is InChI=1S/C27H29FN2O3/c1-29-27(31)21-6-12-25(13-7-21)33-18-22-16-30-15-14-26(22)20-4-10-24(11-5-20)32-17-19-2-8-23(28)9-3-19/h2-13,22,26,30H,14-18H2,1H3,(H,29,31)/t22-,26-/m0/s1. The Morgan fingerprint density at radius 1 is 0.970 bits per heavy atom. The molecular weight excluding hydrogens is 419 g/mol. The number of benzene rings is 3.